The standard InChI is InChI=1S/C18H22O4/c1-21-16(19)18(17(20)22-2,15-10-4-3-5-11-15)13-12-14-8-6-7-9-14/h3-5,10,13,15H,6-9,11H2,1-2H3. The molecule has 0 N–H and O–H groups in total. The number of rotatable bonds is 4. The highest BCUT2D eigenvalue weighted by atomic mass is 16.5. The van der Waals surface area contributed by atoms with Crippen molar-refractivity contribution in [2.24, 2.45) is 11.3 Å². The first-order chi connectivity index (χ1) is 10.6. The van der Waals surface area contributed by atoms with Crippen LogP contribution in [0.1, 0.15) is 32.1 Å². The number of esters is 2. The van der Waals surface area contributed by atoms with E-state index in [1.807, 2.05) is 24.3 Å². The van der Waals surface area contributed by atoms with Gasteiger partial charge >= 0.3 is 11.9 Å². The molecule has 0 aliphatic heterocycles. The molecule has 0 aromatic heterocycles. The van der Waals surface area contributed by atoms with E-state index in [0.717, 1.165) is 31.3 Å². The Labute approximate surface area is 131 Å². The summed E-state index contributed by atoms with van der Waals surface area (Å²) in [5.74, 6) is -1.53. The Kier molecular flexibility index (Phi) is 5.40. The predicted molar refractivity (Wildman–Crippen MR) is 82.9 cm³/mol. The SMILES string of the molecule is COC(=O)C(C=C=C1CCCC1)(C(=O)OC)C1C=CC=CC1. The molecule has 0 spiro atoms. The Morgan fingerprint density at radius 3 is 2.32 bits per heavy atom. The summed E-state index contributed by atoms with van der Waals surface area (Å²) in [6.45, 7) is 0. The van der Waals surface area contributed by atoms with Crippen LogP contribution < -0.4 is 0 Å². The van der Waals surface area contributed by atoms with Crippen LogP contribution in [0.5, 0.6) is 0 Å². The van der Waals surface area contributed by atoms with Crippen LogP contribution in [0.25, 0.3) is 0 Å². The number of carbonyl (C=O) groups excluding carboxylic acids is 2. The van der Waals surface area contributed by atoms with E-state index in [0.29, 0.717) is 6.42 Å². The van der Waals surface area contributed by atoms with E-state index in [2.05, 4.69) is 5.73 Å². The van der Waals surface area contributed by atoms with Gasteiger partial charge in [0.15, 0.2) is 5.41 Å². The van der Waals surface area contributed by atoms with Crippen molar-refractivity contribution in [3.63, 3.8) is 0 Å². The summed E-state index contributed by atoms with van der Waals surface area (Å²) in [5, 5.41) is 0. The van der Waals surface area contributed by atoms with Crippen molar-refractivity contribution >= 4 is 11.9 Å². The molecular weight excluding hydrogens is 280 g/mol. The average molecular weight is 302 g/mol. The van der Waals surface area contributed by atoms with Gasteiger partial charge in [-0.15, -0.1) is 5.73 Å². The van der Waals surface area contributed by atoms with Crippen LogP contribution in [-0.4, -0.2) is 26.2 Å². The molecule has 22 heavy (non-hydrogen) atoms. The van der Waals surface area contributed by atoms with Crippen LogP contribution in [0.15, 0.2) is 41.7 Å². The lowest BCUT2D eigenvalue weighted by atomic mass is 9.72. The summed E-state index contributed by atoms with van der Waals surface area (Å²) in [6, 6.07) is 0. The molecule has 0 radical (unpaired) electrons. The Bertz CT molecular complexity index is 538. The lowest BCUT2D eigenvalue weighted by Crippen LogP contribution is -2.45. The molecule has 1 unspecified atom stereocenters. The number of ether oxygens (including phenoxy) is 2. The van der Waals surface area contributed by atoms with Gasteiger partial charge < -0.3 is 9.47 Å². The monoisotopic (exact) mass is 302 g/mol. The van der Waals surface area contributed by atoms with Crippen LogP contribution in [0.4, 0.5) is 0 Å². The Hall–Kier alpha value is -2.06. The van der Waals surface area contributed by atoms with Gasteiger partial charge in [-0.3, -0.25) is 9.59 Å². The fourth-order valence-electron chi connectivity index (χ4n) is 3.03. The minimum absolute atomic E-state index is 0.327. The third kappa shape index (κ3) is 3.07. The van der Waals surface area contributed by atoms with Crippen LogP contribution in [0.3, 0.4) is 0 Å². The topological polar surface area (TPSA) is 52.6 Å². The Morgan fingerprint density at radius 1 is 1.18 bits per heavy atom. The van der Waals surface area contributed by atoms with Gasteiger partial charge in [-0.1, -0.05) is 24.3 Å². The largest absolute Gasteiger partial charge is 0.468 e. The van der Waals surface area contributed by atoms with E-state index in [-0.39, 0.29) is 5.92 Å². The molecule has 0 aromatic rings. The first-order valence-corrected chi connectivity index (χ1v) is 7.61. The highest BCUT2D eigenvalue weighted by molar-refractivity contribution is 6.03. The normalized spacial score (nSPS) is 20.5. The molecule has 4 nitrogen and oxygen atoms in total. The molecule has 2 rings (SSSR count). The van der Waals surface area contributed by atoms with E-state index in [1.54, 1.807) is 6.08 Å². The van der Waals surface area contributed by atoms with Gasteiger partial charge in [0.25, 0.3) is 0 Å². The summed E-state index contributed by atoms with van der Waals surface area (Å²) in [5.41, 5.74) is 2.86. The van der Waals surface area contributed by atoms with Crippen LogP contribution >= 0.6 is 0 Å². The van der Waals surface area contributed by atoms with Crippen molar-refractivity contribution in [2.45, 2.75) is 32.1 Å². The number of hydrogen-bond acceptors (Lipinski definition) is 4. The summed E-state index contributed by atoms with van der Waals surface area (Å²) >= 11 is 0. The number of methoxy groups -OCH3 is 2. The Morgan fingerprint density at radius 2 is 1.82 bits per heavy atom. The molecule has 1 fully saturated rings. The number of hydrogen-bond donors (Lipinski definition) is 0. The summed E-state index contributed by atoms with van der Waals surface area (Å²) in [7, 11) is 2.58. The zero-order valence-corrected chi connectivity index (χ0v) is 13.1. The molecule has 0 saturated heterocycles. The van der Waals surface area contributed by atoms with Gasteiger partial charge in [-0.2, -0.15) is 0 Å². The van der Waals surface area contributed by atoms with Crippen LogP contribution in [0.2, 0.25) is 0 Å². The van der Waals surface area contributed by atoms with Gasteiger partial charge in [-0.25, -0.2) is 0 Å². The maximum atomic E-state index is 12.5. The second kappa shape index (κ2) is 7.28. The Balaban J connectivity index is 2.51. The van der Waals surface area contributed by atoms with Crippen molar-refractivity contribution in [3.8, 4) is 0 Å². The average Bonchev–Trinajstić information content (AvgIpc) is 3.09. The van der Waals surface area contributed by atoms with Crippen LogP contribution in [-0.2, 0) is 19.1 Å². The molecule has 2 aliphatic carbocycles. The van der Waals surface area contributed by atoms with Gasteiger partial charge in [-0.05, 0) is 43.8 Å². The molecule has 1 atom stereocenters. The molecule has 2 aliphatic rings. The van der Waals surface area contributed by atoms with E-state index < -0.39 is 17.4 Å². The zero-order chi connectivity index (χ0) is 16.0. The predicted octanol–water partition coefficient (Wildman–Crippen LogP) is 3.11. The van der Waals surface area contributed by atoms with Crippen molar-refractivity contribution in [2.75, 3.05) is 14.2 Å². The first kappa shape index (κ1) is 16.3. The molecule has 0 amide bonds. The van der Waals surface area contributed by atoms with Crippen molar-refractivity contribution in [3.05, 3.63) is 41.7 Å². The smallest absolute Gasteiger partial charge is 0.328 e. The van der Waals surface area contributed by atoms with Crippen molar-refractivity contribution < 1.29 is 19.1 Å². The molecule has 4 heteroatoms. The molecule has 0 aromatic carbocycles. The minimum Gasteiger partial charge on any atom is -0.468 e. The van der Waals surface area contributed by atoms with Gasteiger partial charge in [0.2, 0.25) is 0 Å². The van der Waals surface area contributed by atoms with Crippen LogP contribution in [0, 0.1) is 11.3 Å². The highest BCUT2D eigenvalue weighted by Gasteiger charge is 2.51. The first-order valence-electron chi connectivity index (χ1n) is 7.61. The molecule has 118 valence electrons. The molecule has 0 heterocycles. The lowest BCUT2D eigenvalue weighted by molar-refractivity contribution is -0.167. The summed E-state index contributed by atoms with van der Waals surface area (Å²) in [6.07, 6.45) is 13.9. The quantitative estimate of drug-likeness (QED) is 0.455. The number of carbonyl (C=O) groups is 2. The fourth-order valence-corrected chi connectivity index (χ4v) is 3.03. The third-order valence-corrected chi connectivity index (χ3v) is 4.32. The summed E-state index contributed by atoms with van der Waals surface area (Å²) < 4.78 is 9.86. The second-order valence-electron chi connectivity index (χ2n) is 5.61. The van der Waals surface area contributed by atoms with Gasteiger partial charge in [0.05, 0.1) is 14.2 Å². The van der Waals surface area contributed by atoms with Crippen molar-refractivity contribution in [1.82, 2.24) is 0 Å². The van der Waals surface area contributed by atoms with Gasteiger partial charge in [0.1, 0.15) is 0 Å². The summed E-state index contributed by atoms with van der Waals surface area (Å²) in [4.78, 5) is 25.0. The van der Waals surface area contributed by atoms with Crippen molar-refractivity contribution in [1.29, 1.82) is 0 Å². The third-order valence-electron chi connectivity index (χ3n) is 4.32. The van der Waals surface area contributed by atoms with E-state index in [4.69, 9.17) is 9.47 Å². The van der Waals surface area contributed by atoms with E-state index in [9.17, 15) is 9.59 Å². The fraction of sp³-hybridized carbons (Fsp3) is 0.500. The highest BCUT2D eigenvalue weighted by Crippen LogP contribution is 2.38. The van der Waals surface area contributed by atoms with Gasteiger partial charge in [0, 0.05) is 5.92 Å². The zero-order valence-electron chi connectivity index (χ0n) is 13.1. The van der Waals surface area contributed by atoms with E-state index in [1.165, 1.54) is 14.2 Å². The second-order valence-corrected chi connectivity index (χ2v) is 5.61. The minimum atomic E-state index is -1.47. The molecule has 0 bridgehead atoms. The molecular formula is C18H22O4. The lowest BCUT2D eigenvalue weighted by Gasteiger charge is -2.31. The van der Waals surface area contributed by atoms with E-state index >= 15 is 0 Å². The maximum absolute atomic E-state index is 12.5. The number of allylic oxidation sites excluding steroid dienone is 4. The molecule has 1 saturated carbocycles. The maximum Gasteiger partial charge on any atom is 0.328 e.